The van der Waals surface area contributed by atoms with Crippen LogP contribution in [-0.2, 0) is 23.8 Å². The van der Waals surface area contributed by atoms with Crippen LogP contribution in [0.4, 0.5) is 0 Å². The number of nitrogens with one attached hydrogen (secondary N) is 1. The van der Waals surface area contributed by atoms with Gasteiger partial charge in [0.2, 0.25) is 0 Å². The summed E-state index contributed by atoms with van der Waals surface area (Å²) < 4.78 is 15.4. The molecule has 0 aliphatic rings. The van der Waals surface area contributed by atoms with E-state index in [0.29, 0.717) is 52.6 Å². The third-order valence-electron chi connectivity index (χ3n) is 1.57. The number of nitrogens with two attached hydrogens (primary N) is 1. The van der Waals surface area contributed by atoms with E-state index in [9.17, 15) is 9.59 Å². The fraction of sp³-hybridized carbons (Fsp3) is 0.750. The first-order valence-electron chi connectivity index (χ1n) is 5.76. The van der Waals surface area contributed by atoms with Crippen molar-refractivity contribution < 1.29 is 75.2 Å². The molecule has 1 amide bonds. The van der Waals surface area contributed by atoms with Gasteiger partial charge in [0, 0.05) is 13.0 Å². The van der Waals surface area contributed by atoms with Crippen LogP contribution in [0.25, 0.3) is 0 Å². The van der Waals surface area contributed by atoms with Crippen LogP contribution in [-0.4, -0.2) is 65.9 Å². The van der Waals surface area contributed by atoms with E-state index in [-0.39, 0.29) is 58.8 Å². The van der Waals surface area contributed by atoms with E-state index < -0.39 is 0 Å². The molecule has 8 heteroatoms. The number of aldehydes is 1. The molecular formula is C12H26KN2O5-. The van der Waals surface area contributed by atoms with Crippen LogP contribution >= 0.6 is 0 Å². The minimum Gasteiger partial charge on any atom is -0.528 e. The summed E-state index contributed by atoms with van der Waals surface area (Å²) in [5, 5.41) is 2.36. The molecule has 0 aromatic rings. The summed E-state index contributed by atoms with van der Waals surface area (Å²) in [6.07, 6.45) is 2.79. The first-order chi connectivity index (χ1) is 8.91. The van der Waals surface area contributed by atoms with Gasteiger partial charge in [-0.15, -0.1) is 0 Å². The smallest absolute Gasteiger partial charge is 0.528 e. The number of hydrogen-bond acceptors (Lipinski definition) is 6. The molecule has 0 fully saturated rings. The average Bonchev–Trinajstić information content (AvgIpc) is 2.42. The van der Waals surface area contributed by atoms with Crippen molar-refractivity contribution in [1.29, 1.82) is 0 Å². The molecule has 3 N–H and O–H groups in total. The van der Waals surface area contributed by atoms with E-state index in [1.807, 2.05) is 0 Å². The van der Waals surface area contributed by atoms with Crippen molar-refractivity contribution in [3.8, 4) is 0 Å². The average molecular weight is 317 g/mol. The van der Waals surface area contributed by atoms with E-state index >= 15 is 0 Å². The standard InChI is InChI=1S/C10H18NO5.CH5N.CH3.K/c12-3-1-4-14-6-8-16-9-7-15-5-2-11-10-13;1-2;;/h3H,1-2,4-9H2,(H,11,13);2H2,1H3;1H3;/q-1;;-1;+1. The van der Waals surface area contributed by atoms with E-state index in [0.717, 1.165) is 6.29 Å². The Morgan fingerprint density at radius 3 is 1.90 bits per heavy atom. The topological polar surface area (TPSA) is 99.9 Å². The number of carbonyl (C=O) groups excluding carboxylic acids is 2. The van der Waals surface area contributed by atoms with Crippen LogP contribution in [0.2, 0.25) is 0 Å². The Hall–Kier alpha value is 0.616. The fourth-order valence-corrected chi connectivity index (χ4v) is 0.848. The van der Waals surface area contributed by atoms with Crippen LogP contribution in [0, 0.1) is 7.43 Å². The van der Waals surface area contributed by atoms with Crippen molar-refractivity contribution in [1.82, 2.24) is 5.32 Å². The summed E-state index contributed by atoms with van der Waals surface area (Å²) in [4.78, 5) is 19.7. The second-order valence-corrected chi connectivity index (χ2v) is 2.82. The van der Waals surface area contributed by atoms with Gasteiger partial charge >= 0.3 is 51.4 Å². The molecule has 0 aromatic heterocycles. The molecule has 0 unspecified atom stereocenters. The van der Waals surface area contributed by atoms with Gasteiger partial charge in [-0.3, -0.25) is 0 Å². The van der Waals surface area contributed by atoms with Crippen LogP contribution in [0.1, 0.15) is 6.42 Å². The fourth-order valence-electron chi connectivity index (χ4n) is 0.848. The minimum absolute atomic E-state index is 0. The summed E-state index contributed by atoms with van der Waals surface area (Å²) in [5.74, 6) is 0. The zero-order valence-corrected chi connectivity index (χ0v) is 16.0. The van der Waals surface area contributed by atoms with E-state index in [2.05, 4.69) is 11.1 Å². The molecule has 0 aliphatic carbocycles. The Morgan fingerprint density at radius 1 is 1.00 bits per heavy atom. The molecule has 7 nitrogen and oxygen atoms in total. The molecule has 0 heterocycles. The second-order valence-electron chi connectivity index (χ2n) is 2.82. The molecule has 0 spiro atoms. The van der Waals surface area contributed by atoms with Gasteiger partial charge in [0.05, 0.1) is 39.6 Å². The van der Waals surface area contributed by atoms with Crippen LogP contribution in [0.5, 0.6) is 0 Å². The maximum absolute atomic E-state index is 9.93. The van der Waals surface area contributed by atoms with Crippen molar-refractivity contribution in [2.45, 2.75) is 6.42 Å². The number of carbonyl (C=O) groups is 1. The summed E-state index contributed by atoms with van der Waals surface area (Å²) in [6, 6.07) is 0. The van der Waals surface area contributed by atoms with Crippen LogP contribution in [0.15, 0.2) is 0 Å². The van der Waals surface area contributed by atoms with E-state index in [1.54, 1.807) is 6.41 Å². The Labute approximate surface area is 164 Å². The van der Waals surface area contributed by atoms with E-state index in [4.69, 9.17) is 14.2 Å². The molecule has 116 valence electrons. The first kappa shape index (κ1) is 28.7. The van der Waals surface area contributed by atoms with Gasteiger partial charge in [0.1, 0.15) is 6.29 Å². The van der Waals surface area contributed by atoms with Gasteiger partial charge in [0.25, 0.3) is 0 Å². The van der Waals surface area contributed by atoms with Gasteiger partial charge in [-0.2, -0.15) is 6.41 Å². The van der Waals surface area contributed by atoms with Crippen LogP contribution in [0.3, 0.4) is 0 Å². The summed E-state index contributed by atoms with van der Waals surface area (Å²) in [5.41, 5.74) is 4.50. The largest absolute Gasteiger partial charge is 1.00 e. The first-order valence-corrected chi connectivity index (χ1v) is 5.76. The number of hydrogen-bond donors (Lipinski definition) is 2. The predicted molar refractivity (Wildman–Crippen MR) is 73.4 cm³/mol. The minimum atomic E-state index is 0. The van der Waals surface area contributed by atoms with Gasteiger partial charge in [0.15, 0.2) is 0 Å². The zero-order valence-electron chi connectivity index (χ0n) is 12.9. The molecule has 0 atom stereocenters. The normalized spacial score (nSPS) is 8.30. The Bertz CT molecular complexity index is 158. The summed E-state index contributed by atoms with van der Waals surface area (Å²) >= 11 is 0. The maximum Gasteiger partial charge on any atom is 1.00 e. The molecule has 0 rings (SSSR count). The van der Waals surface area contributed by atoms with Crippen LogP contribution < -0.4 is 62.4 Å². The Morgan fingerprint density at radius 2 is 1.45 bits per heavy atom. The second kappa shape index (κ2) is 31.8. The molecule has 0 saturated carbocycles. The van der Waals surface area contributed by atoms with Crippen molar-refractivity contribution in [3.05, 3.63) is 7.43 Å². The van der Waals surface area contributed by atoms with Crippen molar-refractivity contribution in [3.63, 3.8) is 0 Å². The summed E-state index contributed by atoms with van der Waals surface area (Å²) in [7, 11) is 1.50. The van der Waals surface area contributed by atoms with E-state index in [1.165, 1.54) is 7.05 Å². The molecule has 0 saturated heterocycles. The number of rotatable bonds is 13. The molecular weight excluding hydrogens is 291 g/mol. The number of amides is 1. The molecule has 0 aromatic carbocycles. The summed E-state index contributed by atoms with van der Waals surface area (Å²) in [6.45, 7) is 3.29. The van der Waals surface area contributed by atoms with Crippen molar-refractivity contribution in [2.24, 2.45) is 5.73 Å². The molecule has 0 radical (unpaired) electrons. The Kier molecular flexibility index (Phi) is 45.7. The Balaban J connectivity index is -0.000000304. The zero-order chi connectivity index (χ0) is 13.9. The molecule has 20 heavy (non-hydrogen) atoms. The molecule has 0 bridgehead atoms. The predicted octanol–water partition coefficient (Wildman–Crippen LogP) is -3.69. The van der Waals surface area contributed by atoms with Gasteiger partial charge < -0.3 is 42.3 Å². The quantitative estimate of drug-likeness (QED) is 0.119. The van der Waals surface area contributed by atoms with Gasteiger partial charge in [-0.1, -0.05) is 0 Å². The van der Waals surface area contributed by atoms with Crippen molar-refractivity contribution >= 4 is 12.7 Å². The monoisotopic (exact) mass is 317 g/mol. The third-order valence-corrected chi connectivity index (χ3v) is 1.57. The maximum atomic E-state index is 9.93. The SMILES string of the molecule is CN.O=[C-]NCCOCCOCCOCCC=O.[CH3-].[K+]. The number of ether oxygens (including phenoxy) is 3. The van der Waals surface area contributed by atoms with Crippen molar-refractivity contribution in [2.75, 3.05) is 53.2 Å². The third kappa shape index (κ3) is 31.2. The van der Waals surface area contributed by atoms with Gasteiger partial charge in [-0.05, 0) is 7.05 Å². The molecule has 0 aliphatic heterocycles. The van der Waals surface area contributed by atoms with Gasteiger partial charge in [-0.25, -0.2) is 0 Å².